The first-order chi connectivity index (χ1) is 12.3. The highest BCUT2D eigenvalue weighted by molar-refractivity contribution is 6.01. The second kappa shape index (κ2) is 7.80. The van der Waals surface area contributed by atoms with Crippen LogP contribution in [0.3, 0.4) is 0 Å². The number of benzene rings is 1. The second-order valence-electron chi connectivity index (χ2n) is 5.86. The van der Waals surface area contributed by atoms with E-state index in [4.69, 9.17) is 12.2 Å². The molecule has 1 heterocycles. The van der Waals surface area contributed by atoms with Crippen molar-refractivity contribution < 1.29 is 9.18 Å². The number of hydrogen-bond acceptors (Lipinski definition) is 5. The molecular weight excluding hydrogens is 339 g/mol. The van der Waals surface area contributed by atoms with E-state index in [1.807, 2.05) is 0 Å². The first-order valence-corrected chi connectivity index (χ1v) is 7.75. The largest absolute Gasteiger partial charge is 0.384 e. The van der Waals surface area contributed by atoms with E-state index < -0.39 is 17.0 Å². The highest BCUT2D eigenvalue weighted by Gasteiger charge is 2.22. The summed E-state index contributed by atoms with van der Waals surface area (Å²) >= 11 is 0. The Hall–Kier alpha value is -3.18. The summed E-state index contributed by atoms with van der Waals surface area (Å²) in [6.45, 7) is 0.274. The number of nitrogen functional groups attached to an aromatic ring is 1. The molecule has 0 fully saturated rings. The number of nitrogens with two attached hydrogens (primary N) is 1. The number of anilines is 1. The first-order valence-electron chi connectivity index (χ1n) is 7.75. The Labute approximate surface area is 149 Å². The molecule has 1 aromatic carbocycles. The Morgan fingerprint density at radius 3 is 2.42 bits per heavy atom. The van der Waals surface area contributed by atoms with E-state index in [1.165, 1.54) is 26.2 Å². The van der Waals surface area contributed by atoms with Crippen molar-refractivity contribution in [2.75, 3.05) is 18.8 Å². The number of aromatic nitrogens is 2. The van der Waals surface area contributed by atoms with Gasteiger partial charge in [-0.15, -0.1) is 6.42 Å². The molecule has 0 saturated heterocycles. The maximum absolute atomic E-state index is 13.0. The molecule has 0 spiro atoms. The predicted molar refractivity (Wildman–Crippen MR) is 96.2 cm³/mol. The number of hydrogen-bond donors (Lipinski definition) is 1. The van der Waals surface area contributed by atoms with Gasteiger partial charge in [-0.1, -0.05) is 18.1 Å². The zero-order chi connectivity index (χ0) is 19.4. The lowest BCUT2D eigenvalue weighted by Gasteiger charge is -2.20. The van der Waals surface area contributed by atoms with Crippen molar-refractivity contribution >= 4 is 11.6 Å². The Bertz CT molecular complexity index is 984. The zero-order valence-electron chi connectivity index (χ0n) is 14.5. The van der Waals surface area contributed by atoms with Crippen molar-refractivity contribution in [1.82, 2.24) is 14.0 Å². The SMILES string of the molecule is C#CCN(CC(=O)c1c(N)n(C)c(=O)n(C)c1=O)Cc1ccc(F)cc1. The highest BCUT2D eigenvalue weighted by atomic mass is 19.1. The van der Waals surface area contributed by atoms with Crippen LogP contribution in [0.4, 0.5) is 10.2 Å². The maximum atomic E-state index is 13.0. The molecule has 0 bridgehead atoms. The van der Waals surface area contributed by atoms with Crippen LogP contribution in [-0.4, -0.2) is 32.9 Å². The van der Waals surface area contributed by atoms with Gasteiger partial charge in [-0.25, -0.2) is 9.18 Å². The Morgan fingerprint density at radius 2 is 1.85 bits per heavy atom. The predicted octanol–water partition coefficient (Wildman–Crippen LogP) is 0.123. The van der Waals surface area contributed by atoms with Gasteiger partial charge in [0, 0.05) is 20.6 Å². The van der Waals surface area contributed by atoms with Gasteiger partial charge in [0.25, 0.3) is 5.56 Å². The third-order valence-electron chi connectivity index (χ3n) is 3.99. The molecule has 2 aromatic rings. The van der Waals surface area contributed by atoms with E-state index in [9.17, 15) is 18.8 Å². The number of carbonyl (C=O) groups excluding carboxylic acids is 1. The van der Waals surface area contributed by atoms with Gasteiger partial charge >= 0.3 is 5.69 Å². The molecule has 2 N–H and O–H groups in total. The van der Waals surface area contributed by atoms with E-state index in [2.05, 4.69) is 5.92 Å². The lowest BCUT2D eigenvalue weighted by molar-refractivity contribution is 0.0933. The van der Waals surface area contributed by atoms with Gasteiger partial charge in [-0.05, 0) is 17.7 Å². The highest BCUT2D eigenvalue weighted by Crippen LogP contribution is 2.09. The molecule has 0 atom stereocenters. The third-order valence-corrected chi connectivity index (χ3v) is 3.99. The fourth-order valence-electron chi connectivity index (χ4n) is 2.55. The van der Waals surface area contributed by atoms with Crippen LogP contribution < -0.4 is 17.0 Å². The summed E-state index contributed by atoms with van der Waals surface area (Å²) < 4.78 is 14.9. The van der Waals surface area contributed by atoms with Gasteiger partial charge < -0.3 is 5.73 Å². The molecule has 0 aliphatic rings. The molecule has 1 aromatic heterocycles. The van der Waals surface area contributed by atoms with Crippen LogP contribution >= 0.6 is 0 Å². The molecule has 8 heteroatoms. The molecule has 7 nitrogen and oxygen atoms in total. The van der Waals surface area contributed by atoms with E-state index in [0.29, 0.717) is 6.54 Å². The molecule has 0 saturated carbocycles. The van der Waals surface area contributed by atoms with Gasteiger partial charge in [0.1, 0.15) is 17.2 Å². The van der Waals surface area contributed by atoms with Crippen molar-refractivity contribution in [2.45, 2.75) is 6.54 Å². The maximum Gasteiger partial charge on any atom is 0.332 e. The van der Waals surface area contributed by atoms with Crippen molar-refractivity contribution in [3.05, 3.63) is 62.0 Å². The summed E-state index contributed by atoms with van der Waals surface area (Å²) in [5.74, 6) is 1.35. The molecule has 0 unspecified atom stereocenters. The number of halogens is 1. The van der Waals surface area contributed by atoms with Gasteiger partial charge in [-0.3, -0.25) is 23.6 Å². The minimum atomic E-state index is -0.752. The smallest absolute Gasteiger partial charge is 0.332 e. The van der Waals surface area contributed by atoms with Gasteiger partial charge in [-0.2, -0.15) is 0 Å². The van der Waals surface area contributed by atoms with Crippen molar-refractivity contribution in [1.29, 1.82) is 0 Å². The molecule has 136 valence electrons. The quantitative estimate of drug-likeness (QED) is 0.585. The van der Waals surface area contributed by atoms with Crippen LogP contribution in [0.1, 0.15) is 15.9 Å². The molecule has 2 rings (SSSR count). The average molecular weight is 358 g/mol. The van der Waals surface area contributed by atoms with Crippen LogP contribution in [0.15, 0.2) is 33.9 Å². The topological polar surface area (TPSA) is 90.3 Å². The summed E-state index contributed by atoms with van der Waals surface area (Å²) in [6, 6.07) is 5.80. The minimum Gasteiger partial charge on any atom is -0.384 e. The molecule has 0 aliphatic carbocycles. The van der Waals surface area contributed by atoms with E-state index in [0.717, 1.165) is 14.7 Å². The van der Waals surface area contributed by atoms with Crippen LogP contribution in [0.5, 0.6) is 0 Å². The van der Waals surface area contributed by atoms with Gasteiger partial charge in [0.15, 0.2) is 5.78 Å². The lowest BCUT2D eigenvalue weighted by Crippen LogP contribution is -2.43. The fourth-order valence-corrected chi connectivity index (χ4v) is 2.55. The monoisotopic (exact) mass is 358 g/mol. The van der Waals surface area contributed by atoms with Gasteiger partial charge in [0.2, 0.25) is 0 Å². The number of terminal acetylenes is 1. The number of ketones is 1. The molecule has 26 heavy (non-hydrogen) atoms. The van der Waals surface area contributed by atoms with Crippen molar-refractivity contribution in [3.63, 3.8) is 0 Å². The summed E-state index contributed by atoms with van der Waals surface area (Å²) in [6.07, 6.45) is 5.35. The fraction of sp³-hybridized carbons (Fsp3) is 0.278. The molecule has 0 radical (unpaired) electrons. The molecule has 0 amide bonds. The number of rotatable bonds is 6. The van der Waals surface area contributed by atoms with Crippen molar-refractivity contribution in [3.8, 4) is 12.3 Å². The van der Waals surface area contributed by atoms with E-state index in [-0.39, 0.29) is 30.3 Å². The van der Waals surface area contributed by atoms with E-state index in [1.54, 1.807) is 17.0 Å². The number of nitrogens with zero attached hydrogens (tertiary/aromatic N) is 3. The normalized spacial score (nSPS) is 10.7. The van der Waals surface area contributed by atoms with Crippen LogP contribution in [-0.2, 0) is 20.6 Å². The third kappa shape index (κ3) is 3.90. The Balaban J connectivity index is 2.31. The lowest BCUT2D eigenvalue weighted by atomic mass is 10.1. The van der Waals surface area contributed by atoms with Gasteiger partial charge in [0.05, 0.1) is 13.1 Å². The second-order valence-corrected chi connectivity index (χ2v) is 5.86. The average Bonchev–Trinajstić information content (AvgIpc) is 2.60. The standard InChI is InChI=1S/C18H19FN4O3/c1-4-9-23(10-12-5-7-13(19)8-6-12)11-14(24)15-16(20)21(2)18(26)22(3)17(15)25/h1,5-8H,9-11,20H2,2-3H3. The summed E-state index contributed by atoms with van der Waals surface area (Å²) in [7, 11) is 2.66. The summed E-state index contributed by atoms with van der Waals surface area (Å²) in [5.41, 5.74) is 4.94. The Morgan fingerprint density at radius 1 is 1.23 bits per heavy atom. The number of Topliss-reactive ketones (excluding diaryl/α,β-unsaturated/α-hetero) is 1. The van der Waals surface area contributed by atoms with E-state index >= 15 is 0 Å². The first kappa shape index (κ1) is 19.1. The van der Waals surface area contributed by atoms with Crippen molar-refractivity contribution in [2.24, 2.45) is 14.1 Å². The molecular formula is C18H19FN4O3. The molecule has 0 aliphatic heterocycles. The Kier molecular flexibility index (Phi) is 5.75. The minimum absolute atomic E-state index is 0.148. The van der Waals surface area contributed by atoms with Crippen LogP contribution in [0, 0.1) is 18.2 Å². The number of carbonyl (C=O) groups is 1. The summed E-state index contributed by atoms with van der Waals surface area (Å²) in [4.78, 5) is 38.4. The summed E-state index contributed by atoms with van der Waals surface area (Å²) in [5, 5.41) is 0. The van der Waals surface area contributed by atoms with Crippen LogP contribution in [0.25, 0.3) is 0 Å². The zero-order valence-corrected chi connectivity index (χ0v) is 14.5. The van der Waals surface area contributed by atoms with Crippen LogP contribution in [0.2, 0.25) is 0 Å².